The maximum atomic E-state index is 12.8. The van der Waals surface area contributed by atoms with Gasteiger partial charge in [0, 0.05) is 24.4 Å². The molecule has 1 aromatic carbocycles. The number of nitrogens with zero attached hydrogens (tertiary/aromatic N) is 1. The first-order valence-corrected chi connectivity index (χ1v) is 5.99. The fourth-order valence-electron chi connectivity index (χ4n) is 1.76. The number of piperidine rings is 1. The van der Waals surface area contributed by atoms with Crippen molar-refractivity contribution in [2.45, 2.75) is 25.8 Å². The summed E-state index contributed by atoms with van der Waals surface area (Å²) in [5.74, 6) is -0.914. The van der Waals surface area contributed by atoms with Crippen molar-refractivity contribution in [3.8, 4) is 0 Å². The highest BCUT2D eigenvalue weighted by Crippen LogP contribution is 2.17. The Hall–Kier alpha value is -1.46. The van der Waals surface area contributed by atoms with E-state index < -0.39 is 5.82 Å². The molecule has 1 aromatic rings. The first-order chi connectivity index (χ1) is 8.58. The van der Waals surface area contributed by atoms with E-state index in [2.05, 4.69) is 5.43 Å². The summed E-state index contributed by atoms with van der Waals surface area (Å²) in [5, 5.41) is 1.28. The smallest absolute Gasteiger partial charge is 0.243 e. The number of benzene rings is 1. The van der Waals surface area contributed by atoms with Gasteiger partial charge in [0.25, 0.3) is 0 Å². The number of imide groups is 1. The van der Waals surface area contributed by atoms with E-state index in [-0.39, 0.29) is 23.4 Å². The zero-order chi connectivity index (χ0) is 13.1. The Morgan fingerprint density at radius 3 is 2.56 bits per heavy atom. The van der Waals surface area contributed by atoms with Gasteiger partial charge < -0.3 is 0 Å². The Morgan fingerprint density at radius 2 is 1.94 bits per heavy atom. The van der Waals surface area contributed by atoms with E-state index in [1.165, 1.54) is 18.2 Å². The van der Waals surface area contributed by atoms with Crippen LogP contribution in [0.4, 0.5) is 4.39 Å². The number of halogens is 2. The molecule has 0 aliphatic carbocycles. The second-order valence-electron chi connectivity index (χ2n) is 4.05. The molecule has 0 radical (unpaired) electrons. The van der Waals surface area contributed by atoms with Crippen molar-refractivity contribution < 1.29 is 14.0 Å². The maximum Gasteiger partial charge on any atom is 0.243 e. The molecule has 18 heavy (non-hydrogen) atoms. The number of carbonyl (C=O) groups is 2. The van der Waals surface area contributed by atoms with E-state index in [9.17, 15) is 14.0 Å². The lowest BCUT2D eigenvalue weighted by Crippen LogP contribution is -2.48. The highest BCUT2D eigenvalue weighted by atomic mass is 35.5. The SMILES string of the molecule is O=C1CCCC(=O)N1NCc1ccc(F)cc1Cl. The summed E-state index contributed by atoms with van der Waals surface area (Å²) in [7, 11) is 0. The van der Waals surface area contributed by atoms with Crippen molar-refractivity contribution in [2.75, 3.05) is 0 Å². The highest BCUT2D eigenvalue weighted by molar-refractivity contribution is 6.31. The number of hydrogen-bond acceptors (Lipinski definition) is 3. The predicted molar refractivity (Wildman–Crippen MR) is 64.0 cm³/mol. The topological polar surface area (TPSA) is 49.4 Å². The number of hydrogen-bond donors (Lipinski definition) is 1. The maximum absolute atomic E-state index is 12.8. The van der Waals surface area contributed by atoms with Crippen LogP contribution in [0.25, 0.3) is 0 Å². The average molecular weight is 271 g/mol. The van der Waals surface area contributed by atoms with Crippen molar-refractivity contribution in [1.29, 1.82) is 0 Å². The monoisotopic (exact) mass is 270 g/mol. The van der Waals surface area contributed by atoms with E-state index in [1.54, 1.807) is 0 Å². The molecule has 0 atom stereocenters. The van der Waals surface area contributed by atoms with Gasteiger partial charge in [-0.1, -0.05) is 17.7 Å². The van der Waals surface area contributed by atoms with Gasteiger partial charge in [0.1, 0.15) is 5.82 Å². The molecule has 6 heteroatoms. The number of carbonyl (C=O) groups excluding carboxylic acids is 2. The molecular formula is C12H12ClFN2O2. The van der Waals surface area contributed by atoms with E-state index in [1.807, 2.05) is 0 Å². The quantitative estimate of drug-likeness (QED) is 0.855. The molecule has 2 rings (SSSR count). The van der Waals surface area contributed by atoms with E-state index in [4.69, 9.17) is 11.6 Å². The van der Waals surface area contributed by atoms with Crippen molar-refractivity contribution in [3.05, 3.63) is 34.6 Å². The van der Waals surface area contributed by atoms with Crippen LogP contribution in [0.5, 0.6) is 0 Å². The van der Waals surface area contributed by atoms with Crippen molar-refractivity contribution in [3.63, 3.8) is 0 Å². The zero-order valence-corrected chi connectivity index (χ0v) is 10.3. The van der Waals surface area contributed by atoms with Crippen LogP contribution < -0.4 is 5.43 Å². The molecule has 1 N–H and O–H groups in total. The van der Waals surface area contributed by atoms with Crippen LogP contribution in [0.1, 0.15) is 24.8 Å². The summed E-state index contributed by atoms with van der Waals surface area (Å²) in [6.07, 6.45) is 1.30. The third-order valence-electron chi connectivity index (χ3n) is 2.72. The Balaban J connectivity index is 2.02. The van der Waals surface area contributed by atoms with Gasteiger partial charge in [0.05, 0.1) is 0 Å². The number of rotatable bonds is 3. The molecule has 0 bridgehead atoms. The van der Waals surface area contributed by atoms with Gasteiger partial charge >= 0.3 is 0 Å². The second-order valence-corrected chi connectivity index (χ2v) is 4.45. The van der Waals surface area contributed by atoms with Gasteiger partial charge in [0.2, 0.25) is 11.8 Å². The van der Waals surface area contributed by atoms with E-state index in [0.29, 0.717) is 24.8 Å². The van der Waals surface area contributed by atoms with E-state index in [0.717, 1.165) is 5.01 Å². The van der Waals surface area contributed by atoms with Crippen LogP contribution in [-0.2, 0) is 16.1 Å². The summed E-state index contributed by atoms with van der Waals surface area (Å²) in [6, 6.07) is 3.99. The van der Waals surface area contributed by atoms with Crippen LogP contribution >= 0.6 is 11.6 Å². The van der Waals surface area contributed by atoms with Gasteiger partial charge in [-0.05, 0) is 24.1 Å². The molecule has 1 saturated heterocycles. The molecule has 0 aromatic heterocycles. The minimum Gasteiger partial charge on any atom is -0.273 e. The molecule has 96 valence electrons. The molecule has 1 aliphatic rings. The Labute approximate surface area is 109 Å². The number of amides is 2. The summed E-state index contributed by atoms with van der Waals surface area (Å²) in [5.41, 5.74) is 3.35. The second kappa shape index (κ2) is 5.46. The van der Waals surface area contributed by atoms with Gasteiger partial charge in [0.15, 0.2) is 0 Å². The standard InChI is InChI=1S/C12H12ClFN2O2/c13-10-6-9(14)5-4-8(10)7-15-16-11(17)2-1-3-12(16)18/h4-6,15H,1-3,7H2. The third kappa shape index (κ3) is 2.86. The molecular weight excluding hydrogens is 259 g/mol. The third-order valence-corrected chi connectivity index (χ3v) is 3.07. The van der Waals surface area contributed by atoms with Gasteiger partial charge in [-0.3, -0.25) is 9.59 Å². The van der Waals surface area contributed by atoms with E-state index >= 15 is 0 Å². The molecule has 1 aliphatic heterocycles. The minimum absolute atomic E-state index is 0.205. The van der Waals surface area contributed by atoms with Crippen molar-refractivity contribution in [1.82, 2.24) is 10.4 Å². The van der Waals surface area contributed by atoms with Crippen LogP contribution in [0.3, 0.4) is 0 Å². The molecule has 1 fully saturated rings. The largest absolute Gasteiger partial charge is 0.273 e. The fraction of sp³-hybridized carbons (Fsp3) is 0.333. The van der Waals surface area contributed by atoms with Crippen molar-refractivity contribution in [2.24, 2.45) is 0 Å². The van der Waals surface area contributed by atoms with Crippen molar-refractivity contribution >= 4 is 23.4 Å². The summed E-state index contributed by atoms with van der Waals surface area (Å²) in [4.78, 5) is 23.0. The Morgan fingerprint density at radius 1 is 1.28 bits per heavy atom. The van der Waals surface area contributed by atoms with Crippen LogP contribution in [-0.4, -0.2) is 16.8 Å². The summed E-state index contributed by atoms with van der Waals surface area (Å²) >= 11 is 5.85. The average Bonchev–Trinajstić information content (AvgIpc) is 2.31. The number of hydrazine groups is 1. The molecule has 1 heterocycles. The van der Waals surface area contributed by atoms with Crippen LogP contribution in [0.2, 0.25) is 5.02 Å². The zero-order valence-electron chi connectivity index (χ0n) is 9.58. The molecule has 4 nitrogen and oxygen atoms in total. The predicted octanol–water partition coefficient (Wildman–Crippen LogP) is 2.02. The molecule has 0 spiro atoms. The lowest BCUT2D eigenvalue weighted by molar-refractivity contribution is -0.152. The van der Waals surface area contributed by atoms with Gasteiger partial charge in [-0.25, -0.2) is 14.8 Å². The minimum atomic E-state index is -0.422. The number of nitrogens with one attached hydrogen (secondary N) is 1. The fourth-order valence-corrected chi connectivity index (χ4v) is 1.99. The lowest BCUT2D eigenvalue weighted by Gasteiger charge is -2.25. The summed E-state index contributed by atoms with van der Waals surface area (Å²) < 4.78 is 12.8. The van der Waals surface area contributed by atoms with Crippen LogP contribution in [0.15, 0.2) is 18.2 Å². The molecule has 0 saturated carbocycles. The van der Waals surface area contributed by atoms with Gasteiger partial charge in [-0.15, -0.1) is 0 Å². The first-order valence-electron chi connectivity index (χ1n) is 5.61. The highest BCUT2D eigenvalue weighted by Gasteiger charge is 2.25. The first kappa shape index (κ1) is 13.0. The Bertz CT molecular complexity index is 477. The molecule has 2 amide bonds. The summed E-state index contributed by atoms with van der Waals surface area (Å²) in [6.45, 7) is 0.205. The van der Waals surface area contributed by atoms with Crippen LogP contribution in [0, 0.1) is 5.82 Å². The molecule has 0 unspecified atom stereocenters. The lowest BCUT2D eigenvalue weighted by atomic mass is 10.1. The van der Waals surface area contributed by atoms with Gasteiger partial charge in [-0.2, -0.15) is 0 Å². The Kier molecular flexibility index (Phi) is 3.93. The normalized spacial score (nSPS) is 16.2.